The van der Waals surface area contributed by atoms with Gasteiger partial charge in [0.25, 0.3) is 0 Å². The van der Waals surface area contributed by atoms with E-state index in [0.29, 0.717) is 11.6 Å². The van der Waals surface area contributed by atoms with Crippen molar-refractivity contribution in [3.05, 3.63) is 108 Å². The number of pyridine rings is 1. The van der Waals surface area contributed by atoms with Crippen LogP contribution in [-0.2, 0) is 18.1 Å². The van der Waals surface area contributed by atoms with Gasteiger partial charge in [0.1, 0.15) is 23.7 Å². The summed E-state index contributed by atoms with van der Waals surface area (Å²) in [5.41, 5.74) is -4.18. The molecule has 0 fully saturated rings. The lowest BCUT2D eigenvalue weighted by atomic mass is 9.84. The van der Waals surface area contributed by atoms with Crippen LogP contribution in [0.3, 0.4) is 0 Å². The van der Waals surface area contributed by atoms with Crippen LogP contribution in [-0.4, -0.2) is 30.3 Å². The molecule has 0 saturated heterocycles. The summed E-state index contributed by atoms with van der Waals surface area (Å²) in [7, 11) is 0. The fourth-order valence-corrected chi connectivity index (χ4v) is 3.18. The fourth-order valence-electron chi connectivity index (χ4n) is 3.18. The maximum atomic E-state index is 15.7. The Bertz CT molecular complexity index is 1380. The van der Waals surface area contributed by atoms with Gasteiger partial charge in [-0.2, -0.15) is 14.0 Å². The second-order valence-corrected chi connectivity index (χ2v) is 7.37. The summed E-state index contributed by atoms with van der Waals surface area (Å²) in [6.07, 6.45) is 8.54. The number of rotatable bonds is 8. The van der Waals surface area contributed by atoms with Gasteiger partial charge in [-0.25, -0.2) is 13.5 Å². The van der Waals surface area contributed by atoms with Crippen LogP contribution < -0.4 is 0 Å². The van der Waals surface area contributed by atoms with E-state index in [1.165, 1.54) is 12.1 Å². The van der Waals surface area contributed by atoms with E-state index in [0.717, 1.165) is 35.4 Å². The zero-order valence-corrected chi connectivity index (χ0v) is 18.6. The molecule has 0 aliphatic carbocycles. The molecule has 1 aromatic carbocycles. The van der Waals surface area contributed by atoms with E-state index >= 15 is 8.78 Å². The van der Waals surface area contributed by atoms with E-state index in [4.69, 9.17) is 5.26 Å². The average Bonchev–Trinajstić information content (AvgIpc) is 3.35. The molecule has 3 aromatic rings. The maximum Gasteiger partial charge on any atom is 0.323 e. The molecule has 0 saturated carbocycles. The number of nitrogens with zero attached hydrogens (tertiary/aromatic N) is 6. The highest BCUT2D eigenvalue weighted by Gasteiger charge is 2.57. The van der Waals surface area contributed by atoms with Gasteiger partial charge in [0, 0.05) is 29.0 Å². The van der Waals surface area contributed by atoms with Crippen molar-refractivity contribution in [2.24, 2.45) is 0 Å². The summed E-state index contributed by atoms with van der Waals surface area (Å²) in [6.45, 7) is 2.63. The molecule has 182 valence electrons. The van der Waals surface area contributed by atoms with E-state index in [9.17, 15) is 13.9 Å². The first-order valence-corrected chi connectivity index (χ1v) is 10.3. The highest BCUT2D eigenvalue weighted by atomic mass is 19.3. The van der Waals surface area contributed by atoms with E-state index in [1.807, 2.05) is 6.07 Å². The quantitative estimate of drug-likeness (QED) is 0.289. The molecule has 0 amide bonds. The Morgan fingerprint density at radius 2 is 2.03 bits per heavy atom. The summed E-state index contributed by atoms with van der Waals surface area (Å²) in [4.78, 5) is 3.75. The van der Waals surface area contributed by atoms with Crippen LogP contribution >= 0.6 is 0 Å². The van der Waals surface area contributed by atoms with Crippen molar-refractivity contribution >= 4 is 0 Å². The molecule has 2 heterocycles. The van der Waals surface area contributed by atoms with Gasteiger partial charge in [0.05, 0.1) is 19.0 Å². The predicted molar refractivity (Wildman–Crippen MR) is 121 cm³/mol. The molecule has 2 aromatic heterocycles. The molecule has 3 rings (SSSR count). The minimum absolute atomic E-state index is 0.184. The summed E-state index contributed by atoms with van der Waals surface area (Å²) in [6, 6.07) is 6.04. The second kappa shape index (κ2) is 11.2. The Kier molecular flexibility index (Phi) is 8.10. The zero-order valence-electron chi connectivity index (χ0n) is 18.6. The number of alkyl halides is 2. The Morgan fingerprint density at radius 1 is 1.22 bits per heavy atom. The lowest BCUT2D eigenvalue weighted by molar-refractivity contribution is -0.207. The number of nitriles is 1. The van der Waals surface area contributed by atoms with Crippen molar-refractivity contribution < 1.29 is 22.7 Å². The number of aliphatic hydroxyl groups is 1. The normalized spacial score (nSPS) is 13.5. The van der Waals surface area contributed by atoms with Crippen LogP contribution in [0.4, 0.5) is 17.6 Å². The van der Waals surface area contributed by atoms with E-state index in [-0.39, 0.29) is 12.0 Å². The van der Waals surface area contributed by atoms with Crippen molar-refractivity contribution in [1.82, 2.24) is 25.2 Å². The molecule has 0 spiro atoms. The summed E-state index contributed by atoms with van der Waals surface area (Å²) >= 11 is 0. The third kappa shape index (κ3) is 5.71. The molecular formula is C25H18F4N6O. The topological polar surface area (TPSA) is 101 Å². The van der Waals surface area contributed by atoms with Crippen LogP contribution in [0.2, 0.25) is 0 Å². The number of halogens is 4. The first-order valence-electron chi connectivity index (χ1n) is 10.3. The summed E-state index contributed by atoms with van der Waals surface area (Å²) < 4.78 is 60.3. The molecule has 36 heavy (non-hydrogen) atoms. The van der Waals surface area contributed by atoms with Crippen LogP contribution in [0.1, 0.15) is 23.2 Å². The van der Waals surface area contributed by atoms with Crippen LogP contribution in [0.5, 0.6) is 0 Å². The molecule has 0 bridgehead atoms. The van der Waals surface area contributed by atoms with E-state index in [1.54, 1.807) is 18.2 Å². The van der Waals surface area contributed by atoms with Crippen LogP contribution in [0.15, 0.2) is 79.3 Å². The van der Waals surface area contributed by atoms with Gasteiger partial charge in [0.15, 0.2) is 5.60 Å². The first-order chi connectivity index (χ1) is 17.2. The van der Waals surface area contributed by atoms with Gasteiger partial charge in [0.2, 0.25) is 0 Å². The van der Waals surface area contributed by atoms with Crippen molar-refractivity contribution in [2.75, 3.05) is 0 Å². The number of benzene rings is 1. The largest absolute Gasteiger partial charge is 0.377 e. The molecular weight excluding hydrogens is 476 g/mol. The molecule has 11 heteroatoms. The SMILES string of the molecule is C=C/C=C(C#Cc1ccc(C(F)(F)C(O)(Cn2cnnn2)c2ccc(F)cc2F)nc1)\C=C/CC#N. The number of hydrogen-bond acceptors (Lipinski definition) is 6. The Balaban J connectivity index is 1.99. The highest BCUT2D eigenvalue weighted by Crippen LogP contribution is 2.46. The van der Waals surface area contributed by atoms with Gasteiger partial charge in [-0.3, -0.25) is 4.98 Å². The van der Waals surface area contributed by atoms with Gasteiger partial charge < -0.3 is 5.11 Å². The smallest absolute Gasteiger partial charge is 0.323 e. The molecule has 1 N–H and O–H groups in total. The first kappa shape index (κ1) is 26.0. The van der Waals surface area contributed by atoms with E-state index < -0.39 is 41.0 Å². The monoisotopic (exact) mass is 494 g/mol. The van der Waals surface area contributed by atoms with E-state index in [2.05, 4.69) is 38.9 Å². The Hall–Kier alpha value is -4.61. The van der Waals surface area contributed by atoms with Crippen molar-refractivity contribution in [2.45, 2.75) is 24.5 Å². The molecule has 0 radical (unpaired) electrons. The maximum absolute atomic E-state index is 15.7. The molecule has 0 aliphatic rings. The number of tetrazole rings is 1. The lowest BCUT2D eigenvalue weighted by Gasteiger charge is -2.35. The third-order valence-electron chi connectivity index (χ3n) is 4.92. The zero-order chi connectivity index (χ0) is 26.2. The molecule has 1 unspecified atom stereocenters. The third-order valence-corrected chi connectivity index (χ3v) is 4.92. The fraction of sp³-hybridized carbons (Fsp3) is 0.160. The highest BCUT2D eigenvalue weighted by molar-refractivity contribution is 5.46. The summed E-state index contributed by atoms with van der Waals surface area (Å²) in [5.74, 6) is -0.984. The minimum Gasteiger partial charge on any atom is -0.377 e. The van der Waals surface area contributed by atoms with Crippen molar-refractivity contribution in [3.8, 4) is 17.9 Å². The predicted octanol–water partition coefficient (Wildman–Crippen LogP) is 3.96. The van der Waals surface area contributed by atoms with Crippen LogP contribution in [0, 0.1) is 34.8 Å². The number of aromatic nitrogens is 5. The Labute approximate surface area is 203 Å². The number of allylic oxidation sites excluding steroid dienone is 5. The van der Waals surface area contributed by atoms with Crippen molar-refractivity contribution in [1.29, 1.82) is 5.26 Å². The molecule has 7 nitrogen and oxygen atoms in total. The molecule has 0 aliphatic heterocycles. The standard InChI is InChI=1S/C25H18F4N6O/c1-2-5-18(6-3-4-13-30)7-8-19-9-12-23(31-15-19)25(28,29)24(36,16-35-17-32-33-34-35)21-11-10-20(26)14-22(21)27/h2-3,5-6,9-12,14-15,17,36H,1,4,16H2/b6-3-,18-5+. The van der Waals surface area contributed by atoms with Gasteiger partial charge in [-0.05, 0) is 46.8 Å². The van der Waals surface area contributed by atoms with Gasteiger partial charge in [-0.15, -0.1) is 5.10 Å². The van der Waals surface area contributed by atoms with Gasteiger partial charge in [-0.1, -0.05) is 30.6 Å². The lowest BCUT2D eigenvalue weighted by Crippen LogP contribution is -2.48. The van der Waals surface area contributed by atoms with Gasteiger partial charge >= 0.3 is 5.92 Å². The second-order valence-electron chi connectivity index (χ2n) is 7.37. The average molecular weight is 494 g/mol. The Morgan fingerprint density at radius 3 is 2.64 bits per heavy atom. The summed E-state index contributed by atoms with van der Waals surface area (Å²) in [5, 5.41) is 29.9. The van der Waals surface area contributed by atoms with Crippen LogP contribution in [0.25, 0.3) is 0 Å². The number of hydrogen-bond donors (Lipinski definition) is 1. The molecule has 1 atom stereocenters. The minimum atomic E-state index is -4.17. The van der Waals surface area contributed by atoms with Crippen molar-refractivity contribution in [3.63, 3.8) is 0 Å².